The first-order valence-electron chi connectivity index (χ1n) is 7.91. The van der Waals surface area contributed by atoms with Crippen molar-refractivity contribution in [3.8, 4) is 0 Å². The van der Waals surface area contributed by atoms with Crippen molar-refractivity contribution in [1.82, 2.24) is 0 Å². The number of carbonyl (C=O) groups is 2. The number of rotatable bonds is 9. The van der Waals surface area contributed by atoms with E-state index >= 15 is 0 Å². The molecule has 0 aromatic heterocycles. The second-order valence-corrected chi connectivity index (χ2v) is 6.09. The quantitative estimate of drug-likeness (QED) is 0.560. The van der Waals surface area contributed by atoms with Gasteiger partial charge in [0.1, 0.15) is 18.0 Å². The number of ether oxygens (including phenoxy) is 1. The second-order valence-electron chi connectivity index (χ2n) is 6.09. The van der Waals surface area contributed by atoms with E-state index in [-0.39, 0.29) is 37.0 Å². The van der Waals surface area contributed by atoms with Gasteiger partial charge in [-0.25, -0.2) is 4.39 Å². The maximum Gasteiger partial charge on any atom is 0.313 e. The topological polar surface area (TPSA) is 63.6 Å². The molecular weight excluding hydrogens is 299 g/mol. The van der Waals surface area contributed by atoms with E-state index in [4.69, 9.17) is 4.74 Å². The van der Waals surface area contributed by atoms with Crippen LogP contribution in [-0.4, -0.2) is 29.1 Å². The first-order valence-corrected chi connectivity index (χ1v) is 7.91. The number of hydrogen-bond donors (Lipinski definition) is 1. The van der Waals surface area contributed by atoms with Crippen molar-refractivity contribution in [3.63, 3.8) is 0 Å². The molecule has 0 fully saturated rings. The van der Waals surface area contributed by atoms with E-state index < -0.39 is 11.6 Å². The Kier molecular flexibility index (Phi) is 7.36. The van der Waals surface area contributed by atoms with Crippen LogP contribution in [0.1, 0.15) is 45.6 Å². The summed E-state index contributed by atoms with van der Waals surface area (Å²) in [5.74, 6) is -1.41. The standard InChI is InChI=1S/C18H25FO4/c1-4-23-17(21)11-16(20)12-18(22,13(2)3)9-8-14-6-5-7-15(19)10-14/h5-7,10,13,22H,4,8-9,11-12H2,1-3H3. The second kappa shape index (κ2) is 8.77. The number of ketones is 1. The van der Waals surface area contributed by atoms with Crippen LogP contribution < -0.4 is 0 Å². The Morgan fingerprint density at radius 3 is 2.61 bits per heavy atom. The fourth-order valence-electron chi connectivity index (χ4n) is 2.41. The van der Waals surface area contributed by atoms with E-state index in [9.17, 15) is 19.1 Å². The molecule has 1 N–H and O–H groups in total. The van der Waals surface area contributed by atoms with Crippen molar-refractivity contribution in [1.29, 1.82) is 0 Å². The van der Waals surface area contributed by atoms with Crippen molar-refractivity contribution >= 4 is 11.8 Å². The fraction of sp³-hybridized carbons (Fsp3) is 0.556. The zero-order valence-electron chi connectivity index (χ0n) is 14.0. The summed E-state index contributed by atoms with van der Waals surface area (Å²) in [7, 11) is 0. The van der Waals surface area contributed by atoms with Gasteiger partial charge in [-0.05, 0) is 43.4 Å². The summed E-state index contributed by atoms with van der Waals surface area (Å²) < 4.78 is 18.0. The van der Waals surface area contributed by atoms with Gasteiger partial charge in [-0.3, -0.25) is 9.59 Å². The molecule has 0 heterocycles. The number of benzene rings is 1. The number of esters is 1. The van der Waals surface area contributed by atoms with Crippen LogP contribution in [0.5, 0.6) is 0 Å². The smallest absolute Gasteiger partial charge is 0.313 e. The highest BCUT2D eigenvalue weighted by molar-refractivity contribution is 5.95. The monoisotopic (exact) mass is 324 g/mol. The molecule has 5 heteroatoms. The van der Waals surface area contributed by atoms with Gasteiger partial charge < -0.3 is 9.84 Å². The molecule has 1 aromatic carbocycles. The minimum atomic E-state index is -1.23. The van der Waals surface area contributed by atoms with Gasteiger partial charge in [0, 0.05) is 6.42 Å². The van der Waals surface area contributed by atoms with E-state index in [2.05, 4.69) is 0 Å². The van der Waals surface area contributed by atoms with Gasteiger partial charge in [0.25, 0.3) is 0 Å². The first kappa shape index (κ1) is 19.3. The van der Waals surface area contributed by atoms with Crippen LogP contribution in [0.25, 0.3) is 0 Å². The third-order valence-electron chi connectivity index (χ3n) is 3.96. The average Bonchev–Trinajstić information content (AvgIpc) is 2.45. The largest absolute Gasteiger partial charge is 0.466 e. The number of hydrogen-bond acceptors (Lipinski definition) is 4. The van der Waals surface area contributed by atoms with Gasteiger partial charge in [-0.1, -0.05) is 26.0 Å². The molecule has 0 saturated heterocycles. The van der Waals surface area contributed by atoms with Crippen LogP contribution in [0, 0.1) is 11.7 Å². The molecule has 4 nitrogen and oxygen atoms in total. The molecule has 0 saturated carbocycles. The maximum atomic E-state index is 13.2. The lowest BCUT2D eigenvalue weighted by Gasteiger charge is -2.31. The van der Waals surface area contributed by atoms with E-state index in [1.807, 2.05) is 13.8 Å². The van der Waals surface area contributed by atoms with Crippen LogP contribution >= 0.6 is 0 Å². The highest BCUT2D eigenvalue weighted by Crippen LogP contribution is 2.28. The zero-order chi connectivity index (χ0) is 17.5. The van der Waals surface area contributed by atoms with E-state index in [1.165, 1.54) is 12.1 Å². The van der Waals surface area contributed by atoms with Crippen molar-refractivity contribution in [2.24, 2.45) is 5.92 Å². The van der Waals surface area contributed by atoms with E-state index in [1.54, 1.807) is 19.1 Å². The lowest BCUT2D eigenvalue weighted by molar-refractivity contribution is -0.146. The predicted octanol–water partition coefficient (Wildman–Crippen LogP) is 3.06. The van der Waals surface area contributed by atoms with Crippen LogP contribution in [0.15, 0.2) is 24.3 Å². The summed E-state index contributed by atoms with van der Waals surface area (Å²) in [5, 5.41) is 10.8. The predicted molar refractivity (Wildman–Crippen MR) is 85.4 cm³/mol. The minimum Gasteiger partial charge on any atom is -0.466 e. The number of halogens is 1. The Bertz CT molecular complexity index is 542. The Morgan fingerprint density at radius 2 is 2.04 bits per heavy atom. The Balaban J connectivity index is 2.67. The molecule has 1 rings (SSSR count). The van der Waals surface area contributed by atoms with Crippen molar-refractivity contribution in [3.05, 3.63) is 35.6 Å². The summed E-state index contributed by atoms with van der Waals surface area (Å²) in [5.41, 5.74) is -0.461. The molecule has 1 atom stereocenters. The third-order valence-corrected chi connectivity index (χ3v) is 3.96. The highest BCUT2D eigenvalue weighted by atomic mass is 19.1. The Morgan fingerprint density at radius 1 is 1.35 bits per heavy atom. The SMILES string of the molecule is CCOC(=O)CC(=O)CC(O)(CCc1cccc(F)c1)C(C)C. The molecule has 0 bridgehead atoms. The Labute approximate surface area is 136 Å². The van der Waals surface area contributed by atoms with Crippen LogP contribution in [0.2, 0.25) is 0 Å². The summed E-state index contributed by atoms with van der Waals surface area (Å²) in [6.45, 7) is 5.54. The molecule has 0 spiro atoms. The number of carbonyl (C=O) groups excluding carboxylic acids is 2. The van der Waals surface area contributed by atoms with Crippen molar-refractivity contribution < 1.29 is 23.8 Å². The normalized spacial score (nSPS) is 13.7. The van der Waals surface area contributed by atoms with Gasteiger partial charge in [0.05, 0.1) is 12.2 Å². The number of aliphatic hydroxyl groups is 1. The van der Waals surface area contributed by atoms with Gasteiger partial charge in [-0.2, -0.15) is 0 Å². The maximum absolute atomic E-state index is 13.2. The molecule has 1 aromatic rings. The van der Waals surface area contributed by atoms with Crippen LogP contribution in [-0.2, 0) is 20.7 Å². The van der Waals surface area contributed by atoms with E-state index in [0.29, 0.717) is 12.8 Å². The molecule has 1 unspecified atom stereocenters. The molecule has 0 aliphatic carbocycles. The molecule has 0 aliphatic rings. The number of aryl methyl sites for hydroxylation is 1. The summed E-state index contributed by atoms with van der Waals surface area (Å²) >= 11 is 0. The lowest BCUT2D eigenvalue weighted by atomic mass is 9.80. The van der Waals surface area contributed by atoms with Crippen LogP contribution in [0.3, 0.4) is 0 Å². The fourth-order valence-corrected chi connectivity index (χ4v) is 2.41. The van der Waals surface area contributed by atoms with Crippen LogP contribution in [0.4, 0.5) is 4.39 Å². The molecule has 23 heavy (non-hydrogen) atoms. The minimum absolute atomic E-state index is 0.112. The molecular formula is C18H25FO4. The first-order chi connectivity index (χ1) is 10.8. The molecule has 0 amide bonds. The van der Waals surface area contributed by atoms with E-state index in [0.717, 1.165) is 5.56 Å². The summed E-state index contributed by atoms with van der Waals surface area (Å²) in [6, 6.07) is 6.18. The van der Waals surface area contributed by atoms with Gasteiger partial charge >= 0.3 is 5.97 Å². The molecule has 128 valence electrons. The Hall–Kier alpha value is -1.75. The molecule has 0 aliphatic heterocycles. The van der Waals surface area contributed by atoms with Gasteiger partial charge in [0.15, 0.2) is 0 Å². The van der Waals surface area contributed by atoms with Crippen molar-refractivity contribution in [2.75, 3.05) is 6.61 Å². The van der Waals surface area contributed by atoms with Gasteiger partial charge in [-0.15, -0.1) is 0 Å². The zero-order valence-corrected chi connectivity index (χ0v) is 14.0. The summed E-state index contributed by atoms with van der Waals surface area (Å²) in [6.07, 6.45) is 0.337. The summed E-state index contributed by atoms with van der Waals surface area (Å²) in [4.78, 5) is 23.4. The average molecular weight is 324 g/mol. The lowest BCUT2D eigenvalue weighted by Crippen LogP contribution is -2.38. The molecule has 0 radical (unpaired) electrons. The van der Waals surface area contributed by atoms with Crippen molar-refractivity contribution in [2.45, 2.75) is 52.1 Å². The number of Topliss-reactive ketones (excluding diaryl/α,β-unsaturated/α-hetero) is 1. The third kappa shape index (κ3) is 6.48. The van der Waals surface area contributed by atoms with Gasteiger partial charge in [0.2, 0.25) is 0 Å². The highest BCUT2D eigenvalue weighted by Gasteiger charge is 2.33.